The van der Waals surface area contributed by atoms with Gasteiger partial charge in [0.15, 0.2) is 11.6 Å². The van der Waals surface area contributed by atoms with Crippen molar-refractivity contribution >= 4 is 5.69 Å². The maximum atomic E-state index is 13.1. The maximum absolute atomic E-state index is 13.1. The molecule has 1 aliphatic heterocycles. The Labute approximate surface area is 75.7 Å². The fourth-order valence-electron chi connectivity index (χ4n) is 1.34. The van der Waals surface area contributed by atoms with E-state index in [2.05, 4.69) is 5.32 Å². The van der Waals surface area contributed by atoms with Crippen LogP contribution in [0.4, 0.5) is 10.1 Å². The highest BCUT2D eigenvalue weighted by Gasteiger charge is 2.19. The van der Waals surface area contributed by atoms with Crippen LogP contribution in [0.3, 0.4) is 0 Å². The molecule has 3 nitrogen and oxygen atoms in total. The van der Waals surface area contributed by atoms with E-state index in [9.17, 15) is 4.39 Å². The number of nitrogens with two attached hydrogens (primary N) is 1. The molecule has 1 aliphatic rings. The SMILES string of the molecule is NCC1COc2c(F)cccc2N1. The van der Waals surface area contributed by atoms with E-state index >= 15 is 0 Å². The van der Waals surface area contributed by atoms with Crippen molar-refractivity contribution in [1.82, 2.24) is 0 Å². The average Bonchev–Trinajstić information content (AvgIpc) is 2.18. The molecule has 1 unspecified atom stereocenters. The van der Waals surface area contributed by atoms with E-state index in [1.165, 1.54) is 6.07 Å². The summed E-state index contributed by atoms with van der Waals surface area (Å²) < 4.78 is 18.3. The summed E-state index contributed by atoms with van der Waals surface area (Å²) in [6.45, 7) is 0.903. The molecule has 70 valence electrons. The minimum Gasteiger partial charge on any atom is -0.486 e. The number of rotatable bonds is 1. The van der Waals surface area contributed by atoms with Crippen LogP contribution < -0.4 is 15.8 Å². The van der Waals surface area contributed by atoms with Gasteiger partial charge in [0.1, 0.15) is 6.61 Å². The van der Waals surface area contributed by atoms with Crippen molar-refractivity contribution in [3.8, 4) is 5.75 Å². The van der Waals surface area contributed by atoms with Crippen molar-refractivity contribution in [2.24, 2.45) is 5.73 Å². The summed E-state index contributed by atoms with van der Waals surface area (Å²) in [4.78, 5) is 0. The number of para-hydroxylation sites is 1. The van der Waals surface area contributed by atoms with Crippen LogP contribution in [0, 0.1) is 5.82 Å². The predicted molar refractivity (Wildman–Crippen MR) is 48.4 cm³/mol. The number of fused-ring (bicyclic) bond motifs is 1. The molecule has 1 atom stereocenters. The zero-order chi connectivity index (χ0) is 9.26. The van der Waals surface area contributed by atoms with Crippen LogP contribution in [0.5, 0.6) is 5.75 Å². The van der Waals surface area contributed by atoms with E-state index in [0.29, 0.717) is 24.6 Å². The van der Waals surface area contributed by atoms with Gasteiger partial charge in [0.2, 0.25) is 0 Å². The number of ether oxygens (including phenoxy) is 1. The quantitative estimate of drug-likeness (QED) is 0.680. The van der Waals surface area contributed by atoms with Gasteiger partial charge in [-0.05, 0) is 12.1 Å². The molecule has 13 heavy (non-hydrogen) atoms. The van der Waals surface area contributed by atoms with E-state index < -0.39 is 0 Å². The van der Waals surface area contributed by atoms with Gasteiger partial charge in [-0.1, -0.05) is 6.07 Å². The fraction of sp³-hybridized carbons (Fsp3) is 0.333. The highest BCUT2D eigenvalue weighted by atomic mass is 19.1. The predicted octanol–water partition coefficient (Wildman–Crippen LogP) is 0.957. The van der Waals surface area contributed by atoms with Crippen molar-refractivity contribution < 1.29 is 9.13 Å². The van der Waals surface area contributed by atoms with E-state index in [1.54, 1.807) is 12.1 Å². The van der Waals surface area contributed by atoms with Gasteiger partial charge in [0.25, 0.3) is 0 Å². The second-order valence-corrected chi connectivity index (χ2v) is 3.00. The number of anilines is 1. The molecule has 1 heterocycles. The van der Waals surface area contributed by atoms with Gasteiger partial charge in [-0.3, -0.25) is 0 Å². The molecule has 0 bridgehead atoms. The van der Waals surface area contributed by atoms with Crippen LogP contribution >= 0.6 is 0 Å². The molecule has 0 spiro atoms. The third kappa shape index (κ3) is 1.45. The first-order valence-electron chi connectivity index (χ1n) is 4.19. The second-order valence-electron chi connectivity index (χ2n) is 3.00. The van der Waals surface area contributed by atoms with Crippen molar-refractivity contribution in [3.05, 3.63) is 24.0 Å². The molecular formula is C9H11FN2O. The lowest BCUT2D eigenvalue weighted by Gasteiger charge is -2.26. The Hall–Kier alpha value is -1.29. The van der Waals surface area contributed by atoms with Gasteiger partial charge in [-0.25, -0.2) is 4.39 Å². The Kier molecular flexibility index (Phi) is 2.06. The second kappa shape index (κ2) is 3.22. The highest BCUT2D eigenvalue weighted by molar-refractivity contribution is 5.58. The van der Waals surface area contributed by atoms with Crippen LogP contribution in [0.15, 0.2) is 18.2 Å². The molecule has 0 saturated carbocycles. The van der Waals surface area contributed by atoms with Crippen LogP contribution in [0.25, 0.3) is 0 Å². The Morgan fingerprint density at radius 3 is 3.23 bits per heavy atom. The lowest BCUT2D eigenvalue weighted by Crippen LogP contribution is -2.37. The largest absolute Gasteiger partial charge is 0.486 e. The Morgan fingerprint density at radius 1 is 1.62 bits per heavy atom. The number of benzene rings is 1. The molecular weight excluding hydrogens is 171 g/mol. The molecule has 0 amide bonds. The fourth-order valence-corrected chi connectivity index (χ4v) is 1.34. The van der Waals surface area contributed by atoms with Gasteiger partial charge in [0.05, 0.1) is 11.7 Å². The monoisotopic (exact) mass is 182 g/mol. The lowest BCUT2D eigenvalue weighted by atomic mass is 10.2. The number of nitrogens with one attached hydrogen (secondary N) is 1. The van der Waals surface area contributed by atoms with Crippen molar-refractivity contribution in [2.45, 2.75) is 6.04 Å². The Morgan fingerprint density at radius 2 is 2.46 bits per heavy atom. The zero-order valence-electron chi connectivity index (χ0n) is 7.09. The first-order valence-corrected chi connectivity index (χ1v) is 4.19. The summed E-state index contributed by atoms with van der Waals surface area (Å²) in [5.41, 5.74) is 6.14. The average molecular weight is 182 g/mol. The summed E-state index contributed by atoms with van der Waals surface area (Å²) >= 11 is 0. The van der Waals surface area contributed by atoms with Gasteiger partial charge in [-0.15, -0.1) is 0 Å². The lowest BCUT2D eigenvalue weighted by molar-refractivity contribution is 0.273. The minimum atomic E-state index is -0.333. The molecule has 0 aromatic heterocycles. The normalized spacial score (nSPS) is 20.0. The third-order valence-electron chi connectivity index (χ3n) is 2.04. The minimum absolute atomic E-state index is 0.0781. The van der Waals surface area contributed by atoms with Crippen molar-refractivity contribution in [3.63, 3.8) is 0 Å². The molecule has 1 aromatic rings. The number of halogens is 1. The molecule has 0 saturated heterocycles. The molecule has 0 aliphatic carbocycles. The topological polar surface area (TPSA) is 47.3 Å². The Bertz CT molecular complexity index is 316. The van der Waals surface area contributed by atoms with Crippen LogP contribution in [-0.2, 0) is 0 Å². The Balaban J connectivity index is 2.31. The van der Waals surface area contributed by atoms with Crippen molar-refractivity contribution in [2.75, 3.05) is 18.5 Å². The summed E-state index contributed by atoms with van der Waals surface area (Å²) in [7, 11) is 0. The molecule has 3 N–H and O–H groups in total. The first-order chi connectivity index (χ1) is 6.31. The van der Waals surface area contributed by atoms with E-state index in [-0.39, 0.29) is 11.9 Å². The highest BCUT2D eigenvalue weighted by Crippen LogP contribution is 2.30. The maximum Gasteiger partial charge on any atom is 0.178 e. The van der Waals surface area contributed by atoms with Gasteiger partial charge in [-0.2, -0.15) is 0 Å². The van der Waals surface area contributed by atoms with E-state index in [1.807, 2.05) is 0 Å². The summed E-state index contributed by atoms with van der Waals surface area (Å²) in [6.07, 6.45) is 0. The zero-order valence-corrected chi connectivity index (χ0v) is 7.09. The third-order valence-corrected chi connectivity index (χ3v) is 2.04. The van der Waals surface area contributed by atoms with Crippen molar-refractivity contribution in [1.29, 1.82) is 0 Å². The number of hydrogen-bond donors (Lipinski definition) is 2. The van der Waals surface area contributed by atoms with Crippen LogP contribution in [-0.4, -0.2) is 19.2 Å². The molecule has 0 radical (unpaired) electrons. The van der Waals surface area contributed by atoms with Gasteiger partial charge < -0.3 is 15.8 Å². The standard InChI is InChI=1S/C9H11FN2O/c10-7-2-1-3-8-9(7)13-5-6(4-11)12-8/h1-3,6,12H,4-5,11H2. The molecule has 1 aromatic carbocycles. The molecule has 4 heteroatoms. The summed E-state index contributed by atoms with van der Waals surface area (Å²) in [5.74, 6) is -0.0346. The molecule has 2 rings (SSSR count). The van der Waals surface area contributed by atoms with Crippen LogP contribution in [0.2, 0.25) is 0 Å². The smallest absolute Gasteiger partial charge is 0.178 e. The number of hydrogen-bond acceptors (Lipinski definition) is 3. The van der Waals surface area contributed by atoms with E-state index in [0.717, 1.165) is 0 Å². The summed E-state index contributed by atoms with van der Waals surface area (Å²) in [5, 5.41) is 3.10. The van der Waals surface area contributed by atoms with E-state index in [4.69, 9.17) is 10.5 Å². The summed E-state index contributed by atoms with van der Waals surface area (Å²) in [6, 6.07) is 4.88. The van der Waals surface area contributed by atoms with Gasteiger partial charge in [0, 0.05) is 6.54 Å². The first kappa shape index (κ1) is 8.31. The van der Waals surface area contributed by atoms with Crippen LogP contribution in [0.1, 0.15) is 0 Å². The van der Waals surface area contributed by atoms with Gasteiger partial charge >= 0.3 is 0 Å². The molecule has 0 fully saturated rings.